The van der Waals surface area contributed by atoms with Crippen LogP contribution in [-0.4, -0.2) is 9.55 Å². The Morgan fingerprint density at radius 3 is 2.33 bits per heavy atom. The third-order valence-electron chi connectivity index (χ3n) is 2.49. The lowest BCUT2D eigenvalue weighted by molar-refractivity contribution is 0.865. The average molecular weight is 218 g/mol. The van der Waals surface area contributed by atoms with E-state index < -0.39 is 0 Å². The van der Waals surface area contributed by atoms with E-state index in [0.717, 1.165) is 10.5 Å². The molecule has 0 atom stereocenters. The fraction of sp³-hybridized carbons (Fsp3) is 0.250. The van der Waals surface area contributed by atoms with Gasteiger partial charge in [-0.3, -0.25) is 4.57 Å². The zero-order chi connectivity index (χ0) is 10.8. The third-order valence-corrected chi connectivity index (χ3v) is 2.80. The molecule has 0 spiro atoms. The summed E-state index contributed by atoms with van der Waals surface area (Å²) < 4.78 is 2.69. The molecule has 3 heteroatoms. The third kappa shape index (κ3) is 2.02. The molecule has 2 nitrogen and oxygen atoms in total. The summed E-state index contributed by atoms with van der Waals surface area (Å²) in [5.74, 6) is 0.568. The van der Waals surface area contributed by atoms with Crippen molar-refractivity contribution in [2.45, 2.75) is 19.8 Å². The smallest absolute Gasteiger partial charge is 0.181 e. The highest BCUT2D eigenvalue weighted by molar-refractivity contribution is 7.71. The highest BCUT2D eigenvalue weighted by atomic mass is 32.1. The minimum atomic E-state index is 0.568. The molecule has 0 unspecified atom stereocenters. The van der Waals surface area contributed by atoms with Crippen molar-refractivity contribution in [3.8, 4) is 5.69 Å². The lowest BCUT2D eigenvalue weighted by atomic mass is 10.0. The van der Waals surface area contributed by atoms with E-state index in [4.69, 9.17) is 12.2 Å². The maximum atomic E-state index is 5.16. The summed E-state index contributed by atoms with van der Waals surface area (Å²) in [7, 11) is 0. The van der Waals surface area contributed by atoms with Crippen LogP contribution < -0.4 is 0 Å². The molecule has 1 aromatic heterocycles. The summed E-state index contributed by atoms with van der Waals surface area (Å²) in [5.41, 5.74) is 2.45. The van der Waals surface area contributed by atoms with E-state index in [0.29, 0.717) is 5.92 Å². The molecule has 0 fully saturated rings. The number of benzene rings is 1. The first-order valence-electron chi connectivity index (χ1n) is 5.05. The minimum Gasteiger partial charge on any atom is -0.337 e. The number of hydrogen-bond donors (Lipinski definition) is 1. The van der Waals surface area contributed by atoms with Crippen LogP contribution in [-0.2, 0) is 0 Å². The summed E-state index contributed by atoms with van der Waals surface area (Å²) in [4.78, 5) is 2.98. The number of nitrogens with one attached hydrogen (secondary N) is 1. The van der Waals surface area contributed by atoms with Gasteiger partial charge in [-0.05, 0) is 35.8 Å². The summed E-state index contributed by atoms with van der Waals surface area (Å²) in [6.07, 6.45) is 3.78. The second-order valence-electron chi connectivity index (χ2n) is 3.88. The summed E-state index contributed by atoms with van der Waals surface area (Å²) in [6, 6.07) is 8.49. The second-order valence-corrected chi connectivity index (χ2v) is 4.27. The lowest BCUT2D eigenvalue weighted by Crippen LogP contribution is -1.93. The number of nitrogens with zero attached hydrogens (tertiary/aromatic N) is 1. The molecule has 0 bridgehead atoms. The summed E-state index contributed by atoms with van der Waals surface area (Å²) >= 11 is 5.16. The number of H-pyrrole nitrogens is 1. The molecule has 0 aliphatic rings. The molecule has 0 saturated carbocycles. The van der Waals surface area contributed by atoms with Crippen LogP contribution in [0, 0.1) is 4.77 Å². The molecule has 2 aromatic rings. The monoisotopic (exact) mass is 218 g/mol. The van der Waals surface area contributed by atoms with Gasteiger partial charge in [0.25, 0.3) is 0 Å². The molecule has 78 valence electrons. The zero-order valence-corrected chi connectivity index (χ0v) is 9.71. The van der Waals surface area contributed by atoms with E-state index >= 15 is 0 Å². The zero-order valence-electron chi connectivity index (χ0n) is 8.90. The van der Waals surface area contributed by atoms with Crippen molar-refractivity contribution in [1.82, 2.24) is 9.55 Å². The maximum Gasteiger partial charge on any atom is 0.181 e. The molecule has 0 saturated heterocycles. The normalized spacial score (nSPS) is 10.9. The molecule has 0 amide bonds. The Labute approximate surface area is 94.6 Å². The molecule has 1 N–H and O–H groups in total. The van der Waals surface area contributed by atoms with Crippen molar-refractivity contribution in [3.63, 3.8) is 0 Å². The fourth-order valence-corrected chi connectivity index (χ4v) is 1.78. The van der Waals surface area contributed by atoms with Gasteiger partial charge in [-0.1, -0.05) is 26.0 Å². The number of aromatic nitrogens is 2. The van der Waals surface area contributed by atoms with Gasteiger partial charge in [-0.15, -0.1) is 0 Å². The number of imidazole rings is 1. The van der Waals surface area contributed by atoms with Gasteiger partial charge < -0.3 is 4.98 Å². The molecule has 1 heterocycles. The van der Waals surface area contributed by atoms with Gasteiger partial charge in [0.15, 0.2) is 4.77 Å². The topological polar surface area (TPSA) is 20.7 Å². The fourth-order valence-electron chi connectivity index (χ4n) is 1.54. The van der Waals surface area contributed by atoms with Gasteiger partial charge >= 0.3 is 0 Å². The van der Waals surface area contributed by atoms with E-state index in [1.807, 2.05) is 17.0 Å². The molecule has 0 aliphatic heterocycles. The predicted molar refractivity (Wildman–Crippen MR) is 65.0 cm³/mol. The van der Waals surface area contributed by atoms with Crippen molar-refractivity contribution in [2.24, 2.45) is 0 Å². The van der Waals surface area contributed by atoms with E-state index in [1.165, 1.54) is 5.56 Å². The molecular formula is C12H14N2S. The van der Waals surface area contributed by atoms with Crippen LogP contribution in [0.1, 0.15) is 25.3 Å². The number of rotatable bonds is 2. The molecule has 1 aromatic carbocycles. The van der Waals surface area contributed by atoms with E-state index in [-0.39, 0.29) is 0 Å². The van der Waals surface area contributed by atoms with Crippen molar-refractivity contribution in [2.75, 3.05) is 0 Å². The molecule has 0 radical (unpaired) electrons. The quantitative estimate of drug-likeness (QED) is 0.763. The second kappa shape index (κ2) is 4.03. The highest BCUT2D eigenvalue weighted by Gasteiger charge is 2.00. The number of aromatic amines is 1. The molecule has 15 heavy (non-hydrogen) atoms. The largest absolute Gasteiger partial charge is 0.337 e. The Kier molecular flexibility index (Phi) is 2.73. The van der Waals surface area contributed by atoms with Crippen LogP contribution in [0.25, 0.3) is 5.69 Å². The minimum absolute atomic E-state index is 0.568. The first-order valence-corrected chi connectivity index (χ1v) is 5.45. The Morgan fingerprint density at radius 2 is 1.87 bits per heavy atom. The first kappa shape index (κ1) is 10.2. The summed E-state index contributed by atoms with van der Waals surface area (Å²) in [6.45, 7) is 4.38. The van der Waals surface area contributed by atoms with Crippen molar-refractivity contribution in [1.29, 1.82) is 0 Å². The van der Waals surface area contributed by atoms with Crippen LogP contribution >= 0.6 is 12.2 Å². The predicted octanol–water partition coefficient (Wildman–Crippen LogP) is 3.66. The van der Waals surface area contributed by atoms with E-state index in [2.05, 4.69) is 43.1 Å². The molecule has 0 aliphatic carbocycles. The standard InChI is InChI=1S/C12H14N2S/c1-9(2)10-3-5-11(6-4-10)14-8-7-13-12(14)15/h3-9H,1-2H3,(H,13,15). The Balaban J connectivity index is 2.40. The van der Waals surface area contributed by atoms with E-state index in [9.17, 15) is 0 Å². The lowest BCUT2D eigenvalue weighted by Gasteiger charge is -2.07. The van der Waals surface area contributed by atoms with Crippen molar-refractivity contribution >= 4 is 12.2 Å². The first-order chi connectivity index (χ1) is 7.18. The Bertz CT molecular complexity index is 491. The molecule has 2 rings (SSSR count). The average Bonchev–Trinajstić information content (AvgIpc) is 2.65. The van der Waals surface area contributed by atoms with Gasteiger partial charge in [0.1, 0.15) is 0 Å². The van der Waals surface area contributed by atoms with Crippen molar-refractivity contribution < 1.29 is 0 Å². The van der Waals surface area contributed by atoms with Crippen LogP contribution in [0.15, 0.2) is 36.7 Å². The number of hydrogen-bond acceptors (Lipinski definition) is 1. The van der Waals surface area contributed by atoms with Crippen LogP contribution in [0.5, 0.6) is 0 Å². The van der Waals surface area contributed by atoms with Gasteiger partial charge in [0.2, 0.25) is 0 Å². The van der Waals surface area contributed by atoms with Gasteiger partial charge in [0, 0.05) is 18.1 Å². The molecular weight excluding hydrogens is 204 g/mol. The highest BCUT2D eigenvalue weighted by Crippen LogP contribution is 2.16. The van der Waals surface area contributed by atoms with E-state index in [1.54, 1.807) is 0 Å². The van der Waals surface area contributed by atoms with Crippen molar-refractivity contribution in [3.05, 3.63) is 47.0 Å². The van der Waals surface area contributed by atoms with Gasteiger partial charge in [-0.2, -0.15) is 0 Å². The SMILES string of the molecule is CC(C)c1ccc(-n2cc[nH]c2=S)cc1. The van der Waals surface area contributed by atoms with Gasteiger partial charge in [0.05, 0.1) is 0 Å². The van der Waals surface area contributed by atoms with Crippen LogP contribution in [0.2, 0.25) is 0 Å². The van der Waals surface area contributed by atoms with Crippen LogP contribution in [0.4, 0.5) is 0 Å². The maximum absolute atomic E-state index is 5.16. The Hall–Kier alpha value is -1.35. The Morgan fingerprint density at radius 1 is 1.20 bits per heavy atom. The van der Waals surface area contributed by atoms with Crippen LogP contribution in [0.3, 0.4) is 0 Å². The summed E-state index contributed by atoms with van der Waals surface area (Å²) in [5, 5.41) is 0. The van der Waals surface area contributed by atoms with Gasteiger partial charge in [-0.25, -0.2) is 0 Å².